The molecule has 2 aromatic carbocycles. The summed E-state index contributed by atoms with van der Waals surface area (Å²) in [5, 5.41) is 10.8. The van der Waals surface area contributed by atoms with Crippen molar-refractivity contribution in [2.24, 2.45) is 0 Å². The molecule has 0 saturated heterocycles. The van der Waals surface area contributed by atoms with E-state index in [0.717, 1.165) is 11.1 Å². The molecular formula is C19H17N5O2. The number of carbonyl (C=O) groups excluding carboxylic acids is 1. The summed E-state index contributed by atoms with van der Waals surface area (Å²) in [7, 11) is 0. The van der Waals surface area contributed by atoms with Gasteiger partial charge in [-0.3, -0.25) is 18.6 Å². The van der Waals surface area contributed by atoms with Gasteiger partial charge in [0.25, 0.3) is 5.56 Å². The Bertz CT molecular complexity index is 1210. The SMILES string of the molecule is Cc1cccc(NC(=O)Cn2c(=O)c3nnc(C)n3c3ccccc32)c1. The van der Waals surface area contributed by atoms with Crippen LogP contribution in [0.5, 0.6) is 0 Å². The van der Waals surface area contributed by atoms with Gasteiger partial charge in [-0.2, -0.15) is 0 Å². The highest BCUT2D eigenvalue weighted by Gasteiger charge is 2.16. The molecule has 4 aromatic rings. The van der Waals surface area contributed by atoms with Crippen LogP contribution in [0.3, 0.4) is 0 Å². The van der Waals surface area contributed by atoms with E-state index in [0.29, 0.717) is 17.0 Å². The van der Waals surface area contributed by atoms with E-state index in [9.17, 15) is 9.59 Å². The molecule has 7 heteroatoms. The molecule has 0 unspecified atom stereocenters. The van der Waals surface area contributed by atoms with Gasteiger partial charge < -0.3 is 5.32 Å². The van der Waals surface area contributed by atoms with Crippen LogP contribution in [0.15, 0.2) is 53.3 Å². The standard InChI is InChI=1S/C19H17N5O2/c1-12-6-5-7-14(10-12)20-17(25)11-23-15-8-3-4-9-16(15)24-13(2)21-22-18(24)19(23)26/h3-10H,11H2,1-2H3,(H,20,25). The van der Waals surface area contributed by atoms with Gasteiger partial charge in [0.2, 0.25) is 11.6 Å². The Morgan fingerprint density at radius 3 is 2.58 bits per heavy atom. The zero-order valence-electron chi connectivity index (χ0n) is 14.4. The monoisotopic (exact) mass is 347 g/mol. The molecule has 2 aromatic heterocycles. The van der Waals surface area contributed by atoms with Gasteiger partial charge in [-0.05, 0) is 43.7 Å². The number of aromatic nitrogens is 4. The van der Waals surface area contributed by atoms with Crippen molar-refractivity contribution in [2.45, 2.75) is 20.4 Å². The lowest BCUT2D eigenvalue weighted by molar-refractivity contribution is -0.116. The topological polar surface area (TPSA) is 81.3 Å². The van der Waals surface area contributed by atoms with Gasteiger partial charge in [0.1, 0.15) is 12.4 Å². The minimum absolute atomic E-state index is 0.101. The first-order valence-corrected chi connectivity index (χ1v) is 8.24. The Morgan fingerprint density at radius 2 is 1.81 bits per heavy atom. The zero-order chi connectivity index (χ0) is 18.3. The molecule has 0 atom stereocenters. The number of anilines is 1. The van der Waals surface area contributed by atoms with E-state index in [4.69, 9.17) is 0 Å². The van der Waals surface area contributed by atoms with Gasteiger partial charge in [0, 0.05) is 5.69 Å². The molecule has 130 valence electrons. The molecule has 0 aliphatic heterocycles. The molecule has 0 saturated carbocycles. The number of hydrogen-bond donors (Lipinski definition) is 1. The smallest absolute Gasteiger partial charge is 0.297 e. The summed E-state index contributed by atoms with van der Waals surface area (Å²) in [5.41, 5.74) is 3.06. The van der Waals surface area contributed by atoms with E-state index >= 15 is 0 Å². The Labute approximate surface area is 148 Å². The van der Waals surface area contributed by atoms with Crippen molar-refractivity contribution in [3.8, 4) is 0 Å². The predicted molar refractivity (Wildman–Crippen MR) is 99.3 cm³/mol. The zero-order valence-corrected chi connectivity index (χ0v) is 14.4. The highest BCUT2D eigenvalue weighted by Crippen LogP contribution is 2.15. The van der Waals surface area contributed by atoms with Crippen molar-refractivity contribution < 1.29 is 4.79 Å². The third-order valence-electron chi connectivity index (χ3n) is 4.28. The first kappa shape index (κ1) is 16.0. The number of hydrogen-bond acceptors (Lipinski definition) is 4. The van der Waals surface area contributed by atoms with Gasteiger partial charge in [0.05, 0.1) is 11.0 Å². The van der Waals surface area contributed by atoms with E-state index in [2.05, 4.69) is 15.5 Å². The molecule has 2 heterocycles. The van der Waals surface area contributed by atoms with Crippen LogP contribution in [0.2, 0.25) is 0 Å². The van der Waals surface area contributed by atoms with Crippen LogP contribution in [-0.4, -0.2) is 25.1 Å². The summed E-state index contributed by atoms with van der Waals surface area (Å²) in [6, 6.07) is 14.9. The highest BCUT2D eigenvalue weighted by atomic mass is 16.2. The number of fused-ring (bicyclic) bond motifs is 3. The Kier molecular flexibility index (Phi) is 3.76. The van der Waals surface area contributed by atoms with Gasteiger partial charge in [-0.1, -0.05) is 24.3 Å². The third-order valence-corrected chi connectivity index (χ3v) is 4.28. The molecule has 1 N–H and O–H groups in total. The van der Waals surface area contributed by atoms with Gasteiger partial charge in [-0.15, -0.1) is 10.2 Å². The summed E-state index contributed by atoms with van der Waals surface area (Å²) in [6.07, 6.45) is 0. The Morgan fingerprint density at radius 1 is 1.04 bits per heavy atom. The molecule has 0 spiro atoms. The van der Waals surface area contributed by atoms with E-state index in [-0.39, 0.29) is 23.7 Å². The molecule has 1 amide bonds. The van der Waals surface area contributed by atoms with Gasteiger partial charge in [-0.25, -0.2) is 0 Å². The van der Waals surface area contributed by atoms with Crippen molar-refractivity contribution in [3.05, 3.63) is 70.3 Å². The van der Waals surface area contributed by atoms with Crippen LogP contribution < -0.4 is 10.9 Å². The van der Waals surface area contributed by atoms with Gasteiger partial charge in [0.15, 0.2) is 0 Å². The fraction of sp³-hybridized carbons (Fsp3) is 0.158. The molecule has 0 fully saturated rings. The fourth-order valence-electron chi connectivity index (χ4n) is 3.12. The predicted octanol–water partition coefficient (Wildman–Crippen LogP) is 2.30. The van der Waals surface area contributed by atoms with E-state index in [1.54, 1.807) is 11.3 Å². The van der Waals surface area contributed by atoms with Crippen molar-refractivity contribution in [3.63, 3.8) is 0 Å². The second-order valence-corrected chi connectivity index (χ2v) is 6.20. The summed E-state index contributed by atoms with van der Waals surface area (Å²) in [4.78, 5) is 25.4. The van der Waals surface area contributed by atoms with Crippen molar-refractivity contribution in [1.82, 2.24) is 19.2 Å². The normalized spacial score (nSPS) is 11.2. The lowest BCUT2D eigenvalue weighted by Crippen LogP contribution is -2.29. The number of aryl methyl sites for hydroxylation is 2. The van der Waals surface area contributed by atoms with Crippen molar-refractivity contribution in [1.29, 1.82) is 0 Å². The minimum Gasteiger partial charge on any atom is -0.325 e. The van der Waals surface area contributed by atoms with Crippen LogP contribution in [0, 0.1) is 13.8 Å². The average molecular weight is 347 g/mol. The fourth-order valence-corrected chi connectivity index (χ4v) is 3.12. The van der Waals surface area contributed by atoms with Gasteiger partial charge >= 0.3 is 0 Å². The number of nitrogens with one attached hydrogen (secondary N) is 1. The molecular weight excluding hydrogens is 330 g/mol. The number of nitrogens with zero attached hydrogens (tertiary/aromatic N) is 4. The first-order chi connectivity index (χ1) is 12.5. The largest absolute Gasteiger partial charge is 0.325 e. The second kappa shape index (κ2) is 6.11. The number of amides is 1. The summed E-state index contributed by atoms with van der Waals surface area (Å²) < 4.78 is 3.15. The number of carbonyl (C=O) groups is 1. The molecule has 4 rings (SSSR count). The first-order valence-electron chi connectivity index (χ1n) is 8.24. The quantitative estimate of drug-likeness (QED) is 0.616. The van der Waals surface area contributed by atoms with E-state index in [1.165, 1.54) is 4.57 Å². The van der Waals surface area contributed by atoms with Crippen LogP contribution in [0.25, 0.3) is 16.7 Å². The summed E-state index contributed by atoms with van der Waals surface area (Å²) in [6.45, 7) is 3.64. The average Bonchev–Trinajstić information content (AvgIpc) is 3.01. The summed E-state index contributed by atoms with van der Waals surface area (Å²) in [5.74, 6) is 0.355. The maximum Gasteiger partial charge on any atom is 0.297 e. The Balaban J connectivity index is 1.79. The second-order valence-electron chi connectivity index (χ2n) is 6.20. The number of rotatable bonds is 3. The van der Waals surface area contributed by atoms with Crippen LogP contribution in [0.1, 0.15) is 11.4 Å². The number of benzene rings is 2. The molecule has 0 radical (unpaired) electrons. The third kappa shape index (κ3) is 2.63. The van der Waals surface area contributed by atoms with Crippen molar-refractivity contribution >= 4 is 28.3 Å². The van der Waals surface area contributed by atoms with Crippen molar-refractivity contribution in [2.75, 3.05) is 5.32 Å². The molecule has 0 aliphatic rings. The number of para-hydroxylation sites is 2. The lowest BCUT2D eigenvalue weighted by Gasteiger charge is -2.12. The van der Waals surface area contributed by atoms with E-state index in [1.807, 2.05) is 55.5 Å². The Hall–Kier alpha value is -3.48. The van der Waals surface area contributed by atoms with Crippen LogP contribution in [0.4, 0.5) is 5.69 Å². The molecule has 0 bridgehead atoms. The lowest BCUT2D eigenvalue weighted by atomic mass is 10.2. The summed E-state index contributed by atoms with van der Waals surface area (Å²) >= 11 is 0. The maximum absolute atomic E-state index is 12.9. The minimum atomic E-state index is -0.344. The van der Waals surface area contributed by atoms with E-state index < -0.39 is 0 Å². The molecule has 0 aliphatic carbocycles. The van der Waals surface area contributed by atoms with Crippen LogP contribution in [-0.2, 0) is 11.3 Å². The molecule has 7 nitrogen and oxygen atoms in total. The van der Waals surface area contributed by atoms with Crippen LogP contribution >= 0.6 is 0 Å². The molecule has 26 heavy (non-hydrogen) atoms. The maximum atomic E-state index is 12.9. The highest BCUT2D eigenvalue weighted by molar-refractivity contribution is 5.91.